The van der Waals surface area contributed by atoms with E-state index in [9.17, 15) is 9.59 Å². The van der Waals surface area contributed by atoms with Crippen molar-refractivity contribution >= 4 is 27.8 Å². The molecule has 92 valence electrons. The van der Waals surface area contributed by atoms with Crippen LogP contribution in [0, 0.1) is 6.92 Å². The summed E-state index contributed by atoms with van der Waals surface area (Å²) in [5.74, 6) is -1.18. The van der Waals surface area contributed by atoms with E-state index in [1.165, 1.54) is 0 Å². The van der Waals surface area contributed by atoms with E-state index in [0.29, 0.717) is 5.56 Å². The van der Waals surface area contributed by atoms with Gasteiger partial charge in [0.2, 0.25) is 0 Å². The number of carbonyl (C=O) groups excluding carboxylic acids is 1. The predicted octanol–water partition coefficient (Wildman–Crippen LogP) is 2.35. The van der Waals surface area contributed by atoms with Gasteiger partial charge in [0.05, 0.1) is 6.42 Å². The molecule has 5 heteroatoms. The first kappa shape index (κ1) is 13.7. The highest BCUT2D eigenvalue weighted by molar-refractivity contribution is 9.10. The van der Waals surface area contributed by atoms with Crippen LogP contribution in [0.1, 0.15) is 29.3 Å². The van der Waals surface area contributed by atoms with Gasteiger partial charge in [-0.1, -0.05) is 22.0 Å². The van der Waals surface area contributed by atoms with Crippen LogP contribution in [-0.2, 0) is 4.79 Å². The summed E-state index contributed by atoms with van der Waals surface area (Å²) in [6.45, 7) is 3.50. The standard InChI is InChI=1S/C12H14BrNO3/c1-7-3-4-9(13)6-10(7)12(17)14-8(2)5-11(15)16/h3-4,6,8H,5H2,1-2H3,(H,14,17)(H,15,16). The van der Waals surface area contributed by atoms with E-state index in [2.05, 4.69) is 21.2 Å². The van der Waals surface area contributed by atoms with Gasteiger partial charge in [-0.2, -0.15) is 0 Å². The van der Waals surface area contributed by atoms with E-state index in [0.717, 1.165) is 10.0 Å². The minimum atomic E-state index is -0.927. The first-order valence-corrected chi connectivity index (χ1v) is 5.98. The van der Waals surface area contributed by atoms with Gasteiger partial charge in [0, 0.05) is 16.1 Å². The van der Waals surface area contributed by atoms with Crippen molar-refractivity contribution in [3.63, 3.8) is 0 Å². The van der Waals surface area contributed by atoms with Crippen LogP contribution in [0.2, 0.25) is 0 Å². The summed E-state index contributed by atoms with van der Waals surface area (Å²) in [6, 6.07) is 5.02. The largest absolute Gasteiger partial charge is 0.481 e. The summed E-state index contributed by atoms with van der Waals surface area (Å²) in [7, 11) is 0. The second-order valence-corrected chi connectivity index (χ2v) is 4.85. The van der Waals surface area contributed by atoms with Crippen molar-refractivity contribution in [3.05, 3.63) is 33.8 Å². The molecule has 0 radical (unpaired) electrons. The maximum atomic E-state index is 11.9. The topological polar surface area (TPSA) is 66.4 Å². The molecule has 0 aliphatic heterocycles. The molecule has 0 heterocycles. The zero-order valence-corrected chi connectivity index (χ0v) is 11.2. The van der Waals surface area contributed by atoms with E-state index in [1.54, 1.807) is 13.0 Å². The van der Waals surface area contributed by atoms with Crippen molar-refractivity contribution in [2.75, 3.05) is 0 Å². The van der Waals surface area contributed by atoms with Gasteiger partial charge in [-0.25, -0.2) is 0 Å². The molecule has 0 aliphatic carbocycles. The van der Waals surface area contributed by atoms with Crippen molar-refractivity contribution in [2.24, 2.45) is 0 Å². The van der Waals surface area contributed by atoms with Crippen molar-refractivity contribution < 1.29 is 14.7 Å². The molecular formula is C12H14BrNO3. The van der Waals surface area contributed by atoms with Crippen LogP contribution in [0.3, 0.4) is 0 Å². The lowest BCUT2D eigenvalue weighted by molar-refractivity contribution is -0.137. The Balaban J connectivity index is 2.76. The van der Waals surface area contributed by atoms with Crippen LogP contribution in [-0.4, -0.2) is 23.0 Å². The maximum Gasteiger partial charge on any atom is 0.305 e. The molecule has 17 heavy (non-hydrogen) atoms. The van der Waals surface area contributed by atoms with Gasteiger partial charge < -0.3 is 10.4 Å². The minimum absolute atomic E-state index is 0.0845. The number of carbonyl (C=O) groups is 2. The number of nitrogens with one attached hydrogen (secondary N) is 1. The number of carboxylic acid groups (broad SMARTS) is 1. The quantitative estimate of drug-likeness (QED) is 0.897. The van der Waals surface area contributed by atoms with Gasteiger partial charge in [0.1, 0.15) is 0 Å². The van der Waals surface area contributed by atoms with Gasteiger partial charge >= 0.3 is 5.97 Å². The van der Waals surface area contributed by atoms with E-state index >= 15 is 0 Å². The highest BCUT2D eigenvalue weighted by Crippen LogP contribution is 2.16. The SMILES string of the molecule is Cc1ccc(Br)cc1C(=O)NC(C)CC(=O)O. The second kappa shape index (κ2) is 5.82. The van der Waals surface area contributed by atoms with Crippen LogP contribution >= 0.6 is 15.9 Å². The first-order chi connectivity index (χ1) is 7.90. The van der Waals surface area contributed by atoms with Crippen molar-refractivity contribution in [1.29, 1.82) is 0 Å². The number of hydrogen-bond acceptors (Lipinski definition) is 2. The second-order valence-electron chi connectivity index (χ2n) is 3.93. The number of benzene rings is 1. The molecule has 1 rings (SSSR count). The Labute approximate surface area is 108 Å². The number of amides is 1. The number of hydrogen-bond donors (Lipinski definition) is 2. The summed E-state index contributed by atoms with van der Waals surface area (Å²) >= 11 is 3.30. The molecule has 4 nitrogen and oxygen atoms in total. The molecule has 0 aliphatic rings. The Morgan fingerprint density at radius 1 is 1.47 bits per heavy atom. The van der Waals surface area contributed by atoms with Gasteiger partial charge in [0.25, 0.3) is 5.91 Å². The fraction of sp³-hybridized carbons (Fsp3) is 0.333. The molecule has 1 aromatic carbocycles. The highest BCUT2D eigenvalue weighted by atomic mass is 79.9. The van der Waals surface area contributed by atoms with Crippen molar-refractivity contribution in [2.45, 2.75) is 26.3 Å². The van der Waals surface area contributed by atoms with Crippen LogP contribution in [0.25, 0.3) is 0 Å². The first-order valence-electron chi connectivity index (χ1n) is 5.19. The Hall–Kier alpha value is -1.36. The number of aryl methyl sites for hydroxylation is 1. The Bertz CT molecular complexity index is 445. The number of aliphatic carboxylic acids is 1. The number of carboxylic acids is 1. The maximum absolute atomic E-state index is 11.9. The van der Waals surface area contributed by atoms with E-state index < -0.39 is 12.0 Å². The fourth-order valence-corrected chi connectivity index (χ4v) is 1.81. The normalized spacial score (nSPS) is 11.9. The van der Waals surface area contributed by atoms with Crippen molar-refractivity contribution in [3.8, 4) is 0 Å². The lowest BCUT2D eigenvalue weighted by Crippen LogP contribution is -2.34. The summed E-state index contributed by atoms with van der Waals surface area (Å²) in [6.07, 6.45) is -0.0845. The zero-order chi connectivity index (χ0) is 13.0. The van der Waals surface area contributed by atoms with Crippen LogP contribution in [0.15, 0.2) is 22.7 Å². The molecule has 0 aromatic heterocycles. The molecule has 1 aromatic rings. The minimum Gasteiger partial charge on any atom is -0.481 e. The Morgan fingerprint density at radius 2 is 2.12 bits per heavy atom. The van der Waals surface area contributed by atoms with Gasteiger partial charge in [-0.05, 0) is 31.5 Å². The zero-order valence-electron chi connectivity index (χ0n) is 9.66. The molecule has 2 N–H and O–H groups in total. The van der Waals surface area contributed by atoms with E-state index in [-0.39, 0.29) is 12.3 Å². The Morgan fingerprint density at radius 3 is 2.71 bits per heavy atom. The molecular weight excluding hydrogens is 286 g/mol. The van der Waals surface area contributed by atoms with Gasteiger partial charge in [0.15, 0.2) is 0 Å². The van der Waals surface area contributed by atoms with E-state index in [4.69, 9.17) is 5.11 Å². The molecule has 1 unspecified atom stereocenters. The molecule has 0 spiro atoms. The molecule has 0 saturated carbocycles. The lowest BCUT2D eigenvalue weighted by Gasteiger charge is -2.13. The number of rotatable bonds is 4. The number of halogens is 1. The molecule has 0 fully saturated rings. The monoisotopic (exact) mass is 299 g/mol. The summed E-state index contributed by atoms with van der Waals surface area (Å²) in [5.41, 5.74) is 1.41. The highest BCUT2D eigenvalue weighted by Gasteiger charge is 2.14. The third-order valence-electron chi connectivity index (χ3n) is 2.30. The van der Waals surface area contributed by atoms with E-state index in [1.807, 2.05) is 19.1 Å². The van der Waals surface area contributed by atoms with Crippen LogP contribution in [0.5, 0.6) is 0 Å². The van der Waals surface area contributed by atoms with Crippen LogP contribution in [0.4, 0.5) is 0 Å². The summed E-state index contributed by atoms with van der Waals surface area (Å²) in [4.78, 5) is 22.4. The smallest absolute Gasteiger partial charge is 0.305 e. The Kier molecular flexibility index (Phi) is 4.69. The average Bonchev–Trinajstić information content (AvgIpc) is 2.20. The molecule has 1 amide bonds. The van der Waals surface area contributed by atoms with Crippen LogP contribution < -0.4 is 5.32 Å². The summed E-state index contributed by atoms with van der Waals surface area (Å²) in [5, 5.41) is 11.3. The van der Waals surface area contributed by atoms with Crippen molar-refractivity contribution in [1.82, 2.24) is 5.32 Å². The predicted molar refractivity (Wildman–Crippen MR) is 68.1 cm³/mol. The lowest BCUT2D eigenvalue weighted by atomic mass is 10.1. The molecule has 0 saturated heterocycles. The van der Waals surface area contributed by atoms with Gasteiger partial charge in [-0.15, -0.1) is 0 Å². The summed E-state index contributed by atoms with van der Waals surface area (Å²) < 4.78 is 0.819. The third kappa shape index (κ3) is 4.19. The van der Waals surface area contributed by atoms with Gasteiger partial charge in [-0.3, -0.25) is 9.59 Å². The molecule has 0 bridgehead atoms. The molecule has 1 atom stereocenters. The third-order valence-corrected chi connectivity index (χ3v) is 2.80. The fourth-order valence-electron chi connectivity index (χ4n) is 1.45. The average molecular weight is 300 g/mol.